The van der Waals surface area contributed by atoms with Gasteiger partial charge in [0.1, 0.15) is 5.60 Å². The molecule has 0 aromatic carbocycles. The van der Waals surface area contributed by atoms with Crippen molar-refractivity contribution in [3.8, 4) is 0 Å². The Labute approximate surface area is 83.4 Å². The Bertz CT molecular complexity index is 260. The highest BCUT2D eigenvalue weighted by Crippen LogP contribution is 2.58. The van der Waals surface area contributed by atoms with Gasteiger partial charge in [-0.05, 0) is 43.9 Å². The van der Waals surface area contributed by atoms with Gasteiger partial charge in [0.15, 0.2) is 0 Å². The highest BCUT2D eigenvalue weighted by molar-refractivity contribution is 5.40. The quantitative estimate of drug-likeness (QED) is 0.719. The Morgan fingerprint density at radius 1 is 1.21 bits per heavy atom. The number of carbonyl (C=O) groups excluding carboxylic acids is 1. The molecule has 0 aromatic heterocycles. The lowest BCUT2D eigenvalue weighted by Gasteiger charge is -2.58. The largest absolute Gasteiger partial charge is 0.451 e. The Hall–Kier alpha value is -0.570. The van der Waals surface area contributed by atoms with Crippen LogP contribution in [-0.4, -0.2) is 22.8 Å². The topological polar surface area (TPSA) is 46.5 Å². The first-order valence-electron chi connectivity index (χ1n) is 5.41. The van der Waals surface area contributed by atoms with Crippen molar-refractivity contribution in [3.63, 3.8) is 0 Å². The van der Waals surface area contributed by atoms with Gasteiger partial charge in [0.25, 0.3) is 0 Å². The van der Waals surface area contributed by atoms with E-state index in [9.17, 15) is 9.90 Å². The summed E-state index contributed by atoms with van der Waals surface area (Å²) in [7, 11) is 0. The molecular weight excluding hydrogens is 180 g/mol. The molecule has 3 nitrogen and oxygen atoms in total. The van der Waals surface area contributed by atoms with Gasteiger partial charge >= 0.3 is 6.47 Å². The second kappa shape index (κ2) is 2.51. The average molecular weight is 195 g/mol. The summed E-state index contributed by atoms with van der Waals surface area (Å²) in [5.74, 6) is 1.13. The molecule has 0 amide bonds. The summed E-state index contributed by atoms with van der Waals surface area (Å²) in [6.07, 6.45) is 5.57. The van der Waals surface area contributed by atoms with Gasteiger partial charge < -0.3 is 9.84 Å². The second-order valence-electron chi connectivity index (χ2n) is 5.55. The van der Waals surface area contributed by atoms with E-state index < -0.39 is 5.60 Å². The lowest BCUT2D eigenvalue weighted by Crippen LogP contribution is -2.59. The van der Waals surface area contributed by atoms with Gasteiger partial charge in [-0.1, -0.05) is 0 Å². The molecule has 0 aromatic rings. The van der Waals surface area contributed by atoms with Crippen molar-refractivity contribution in [1.82, 2.24) is 0 Å². The van der Waals surface area contributed by atoms with Crippen LogP contribution < -0.4 is 0 Å². The van der Waals surface area contributed by atoms with Gasteiger partial charge in [-0.2, -0.15) is 0 Å². The fourth-order valence-corrected chi connectivity index (χ4v) is 4.34. The third kappa shape index (κ3) is 1.11. The van der Waals surface area contributed by atoms with Crippen molar-refractivity contribution < 1.29 is 14.6 Å². The van der Waals surface area contributed by atoms with E-state index in [1.807, 2.05) is 0 Å². The third-order valence-electron chi connectivity index (χ3n) is 4.23. The summed E-state index contributed by atoms with van der Waals surface area (Å²) >= 11 is 0. The van der Waals surface area contributed by atoms with Crippen LogP contribution in [0.15, 0.2) is 0 Å². The predicted molar refractivity (Wildman–Crippen MR) is 49.1 cm³/mol. The Balaban J connectivity index is 1.92. The normalized spacial score (nSPS) is 54.6. The first-order valence-corrected chi connectivity index (χ1v) is 5.41. The lowest BCUT2D eigenvalue weighted by molar-refractivity contribution is -0.192. The fraction of sp³-hybridized carbons (Fsp3) is 0.909. The molecule has 2 unspecified atom stereocenters. The monoisotopic (exact) mass is 195 g/mol. The zero-order valence-electron chi connectivity index (χ0n) is 8.16. The maximum Gasteiger partial charge on any atom is 0.418 e. The Kier molecular flexibility index (Phi) is 1.56. The van der Waals surface area contributed by atoms with E-state index in [0.717, 1.165) is 25.7 Å². The second-order valence-corrected chi connectivity index (χ2v) is 5.55. The van der Waals surface area contributed by atoms with Gasteiger partial charge in [-0.3, -0.25) is 0 Å². The Morgan fingerprint density at radius 2 is 1.86 bits per heavy atom. The van der Waals surface area contributed by atoms with E-state index in [1.165, 1.54) is 6.42 Å². The van der Waals surface area contributed by atoms with Crippen LogP contribution >= 0.6 is 0 Å². The molecule has 77 valence electrons. The summed E-state index contributed by atoms with van der Waals surface area (Å²) in [5, 5.41) is 10.3. The van der Waals surface area contributed by atoms with Crippen molar-refractivity contribution >= 4 is 6.47 Å². The molecule has 0 saturated heterocycles. The third-order valence-corrected chi connectivity index (χ3v) is 4.23. The summed E-state index contributed by atoms with van der Waals surface area (Å²) in [6.45, 7) is 1.58. The van der Waals surface area contributed by atoms with E-state index in [0.29, 0.717) is 18.3 Å². The number of aliphatic hydroxyl groups is 1. The van der Waals surface area contributed by atoms with Crippen molar-refractivity contribution in [1.29, 1.82) is 0 Å². The number of hydrogen-bond acceptors (Lipinski definition) is 3. The van der Waals surface area contributed by atoms with Crippen molar-refractivity contribution in [2.45, 2.75) is 49.7 Å². The molecule has 14 heavy (non-hydrogen) atoms. The van der Waals surface area contributed by atoms with Crippen LogP contribution in [0, 0.1) is 11.8 Å². The van der Waals surface area contributed by atoms with Crippen LogP contribution in [0.3, 0.4) is 0 Å². The molecule has 2 atom stereocenters. The molecule has 1 N–H and O–H groups in total. The van der Waals surface area contributed by atoms with E-state index >= 15 is 0 Å². The molecule has 4 saturated carbocycles. The van der Waals surface area contributed by atoms with Crippen LogP contribution in [0.1, 0.15) is 38.5 Å². The van der Waals surface area contributed by atoms with Crippen LogP contribution in [-0.2, 0) is 9.53 Å². The maximum absolute atomic E-state index is 10.4. The molecule has 4 bridgehead atoms. The SMILES string of the molecule is O=[C]OC12CC3CC(CC(O)(C3)C1)C2. The summed E-state index contributed by atoms with van der Waals surface area (Å²) in [6, 6.07) is 0. The molecule has 0 spiro atoms. The van der Waals surface area contributed by atoms with Gasteiger partial charge in [-0.15, -0.1) is 0 Å². The van der Waals surface area contributed by atoms with Crippen molar-refractivity contribution in [3.05, 3.63) is 0 Å². The zero-order chi connectivity index (χ0) is 9.81. The number of rotatable bonds is 2. The standard InChI is InChI=1S/C11H15O3/c12-7-14-11-4-8-1-9(5-11)3-10(13,2-8)6-11/h8-9,13H,1-6H2. The minimum Gasteiger partial charge on any atom is -0.451 e. The molecule has 4 aliphatic carbocycles. The number of ether oxygens (including phenoxy) is 1. The summed E-state index contributed by atoms with van der Waals surface area (Å²) in [4.78, 5) is 10.4. The van der Waals surface area contributed by atoms with E-state index in [-0.39, 0.29) is 5.60 Å². The minimum absolute atomic E-state index is 0.361. The lowest BCUT2D eigenvalue weighted by atomic mass is 9.52. The maximum atomic E-state index is 10.4. The molecule has 3 heteroatoms. The van der Waals surface area contributed by atoms with Crippen molar-refractivity contribution in [2.75, 3.05) is 0 Å². The molecular formula is C11H15O3. The van der Waals surface area contributed by atoms with Crippen LogP contribution in [0.2, 0.25) is 0 Å². The molecule has 4 aliphatic rings. The smallest absolute Gasteiger partial charge is 0.418 e. The van der Waals surface area contributed by atoms with Crippen LogP contribution in [0.25, 0.3) is 0 Å². The van der Waals surface area contributed by atoms with Crippen LogP contribution in [0.5, 0.6) is 0 Å². The molecule has 0 heterocycles. The first-order chi connectivity index (χ1) is 6.63. The van der Waals surface area contributed by atoms with Crippen LogP contribution in [0.4, 0.5) is 0 Å². The van der Waals surface area contributed by atoms with Gasteiger partial charge in [-0.25, -0.2) is 4.79 Å². The Morgan fingerprint density at radius 3 is 2.36 bits per heavy atom. The average Bonchev–Trinajstić information content (AvgIpc) is 1.97. The highest BCUT2D eigenvalue weighted by Gasteiger charge is 2.58. The minimum atomic E-state index is -0.541. The van der Waals surface area contributed by atoms with E-state index in [4.69, 9.17) is 4.74 Å². The van der Waals surface area contributed by atoms with E-state index in [1.54, 1.807) is 6.47 Å². The number of hydrogen-bond donors (Lipinski definition) is 1. The molecule has 4 fully saturated rings. The first kappa shape index (κ1) is 8.72. The fourth-order valence-electron chi connectivity index (χ4n) is 4.34. The van der Waals surface area contributed by atoms with E-state index in [2.05, 4.69) is 0 Å². The summed E-state index contributed by atoms with van der Waals surface area (Å²) in [5.41, 5.74) is -0.901. The zero-order valence-corrected chi connectivity index (χ0v) is 8.16. The molecule has 0 aliphatic heterocycles. The van der Waals surface area contributed by atoms with Gasteiger partial charge in [0.05, 0.1) is 5.60 Å². The molecule has 4 rings (SSSR count). The summed E-state index contributed by atoms with van der Waals surface area (Å²) < 4.78 is 5.14. The van der Waals surface area contributed by atoms with Gasteiger partial charge in [0.2, 0.25) is 0 Å². The van der Waals surface area contributed by atoms with Crippen molar-refractivity contribution in [2.24, 2.45) is 11.8 Å². The molecule has 1 radical (unpaired) electrons. The highest BCUT2D eigenvalue weighted by atomic mass is 16.5. The van der Waals surface area contributed by atoms with Gasteiger partial charge in [0, 0.05) is 6.42 Å². The predicted octanol–water partition coefficient (Wildman–Crippen LogP) is 1.15.